The van der Waals surface area contributed by atoms with E-state index < -0.39 is 0 Å². The Morgan fingerprint density at radius 1 is 1.33 bits per heavy atom. The maximum absolute atomic E-state index is 9.15. The second kappa shape index (κ2) is 7.02. The van der Waals surface area contributed by atoms with Gasteiger partial charge >= 0.3 is 0 Å². The van der Waals surface area contributed by atoms with E-state index in [0.29, 0.717) is 11.5 Å². The quantitative estimate of drug-likeness (QED) is 0.695. The van der Waals surface area contributed by atoms with Gasteiger partial charge in [0.1, 0.15) is 23.1 Å². The van der Waals surface area contributed by atoms with E-state index in [1.54, 1.807) is 12.4 Å². The lowest BCUT2D eigenvalue weighted by molar-refractivity contribution is 0.480. The van der Waals surface area contributed by atoms with Gasteiger partial charge in [-0.05, 0) is 48.0 Å². The maximum Gasteiger partial charge on any atom is 0.216 e. The number of aromatic amines is 1. The summed E-state index contributed by atoms with van der Waals surface area (Å²) in [6.07, 6.45) is 4.87. The van der Waals surface area contributed by atoms with Gasteiger partial charge < -0.3 is 10.1 Å². The van der Waals surface area contributed by atoms with Crippen molar-refractivity contribution in [2.75, 3.05) is 5.32 Å². The second-order valence-electron chi connectivity index (χ2n) is 4.82. The standard InChI is InChI=1S/C16H13N7O/c1-11-7-13(24-14-3-2-6-18-10-14)4-5-15(11)19-9-12(8-17)16-20-22-23-21-16/h2-7,9-10,19H,1H3,(H,20,21,22,23). The number of hydrogen-bond donors (Lipinski definition) is 2. The van der Waals surface area contributed by atoms with Gasteiger partial charge in [0.05, 0.1) is 6.20 Å². The van der Waals surface area contributed by atoms with Gasteiger partial charge in [0.2, 0.25) is 5.82 Å². The summed E-state index contributed by atoms with van der Waals surface area (Å²) < 4.78 is 5.73. The van der Waals surface area contributed by atoms with Gasteiger partial charge in [-0.1, -0.05) is 0 Å². The maximum atomic E-state index is 9.15. The fourth-order valence-electron chi connectivity index (χ4n) is 1.98. The molecule has 2 aromatic heterocycles. The van der Waals surface area contributed by atoms with Crippen LogP contribution in [0.5, 0.6) is 11.5 Å². The molecule has 8 nitrogen and oxygen atoms in total. The molecule has 3 rings (SSSR count). The molecule has 2 heterocycles. The van der Waals surface area contributed by atoms with E-state index >= 15 is 0 Å². The summed E-state index contributed by atoms with van der Waals surface area (Å²) in [4.78, 5) is 4.01. The van der Waals surface area contributed by atoms with Crippen LogP contribution in [-0.2, 0) is 0 Å². The van der Waals surface area contributed by atoms with Crippen molar-refractivity contribution in [3.63, 3.8) is 0 Å². The third kappa shape index (κ3) is 3.53. The number of aromatic nitrogens is 5. The smallest absolute Gasteiger partial charge is 0.216 e. The van der Waals surface area contributed by atoms with Gasteiger partial charge in [0.15, 0.2) is 0 Å². The van der Waals surface area contributed by atoms with Gasteiger partial charge in [0, 0.05) is 18.1 Å². The van der Waals surface area contributed by atoms with E-state index in [-0.39, 0.29) is 11.4 Å². The number of hydrogen-bond acceptors (Lipinski definition) is 7. The van der Waals surface area contributed by atoms with Crippen LogP contribution in [0.3, 0.4) is 0 Å². The molecular weight excluding hydrogens is 306 g/mol. The van der Waals surface area contributed by atoms with Crippen LogP contribution >= 0.6 is 0 Å². The van der Waals surface area contributed by atoms with E-state index in [1.807, 2.05) is 43.3 Å². The average molecular weight is 319 g/mol. The minimum Gasteiger partial charge on any atom is -0.456 e. The number of benzene rings is 1. The Morgan fingerprint density at radius 2 is 2.25 bits per heavy atom. The molecule has 0 spiro atoms. The summed E-state index contributed by atoms with van der Waals surface area (Å²) in [7, 11) is 0. The highest BCUT2D eigenvalue weighted by molar-refractivity contribution is 5.74. The van der Waals surface area contributed by atoms with Crippen LogP contribution in [0.15, 0.2) is 48.9 Å². The van der Waals surface area contributed by atoms with Crippen molar-refractivity contribution in [2.45, 2.75) is 6.92 Å². The first-order valence-electron chi connectivity index (χ1n) is 7.05. The summed E-state index contributed by atoms with van der Waals surface area (Å²) in [6.45, 7) is 1.94. The summed E-state index contributed by atoms with van der Waals surface area (Å²) in [5.41, 5.74) is 2.07. The van der Waals surface area contributed by atoms with Crippen LogP contribution < -0.4 is 10.1 Å². The Labute approximate surface area is 137 Å². The lowest BCUT2D eigenvalue weighted by Crippen LogP contribution is -1.95. The van der Waals surface area contributed by atoms with Crippen LogP contribution in [0.1, 0.15) is 11.4 Å². The molecule has 118 valence electrons. The number of nitrogens with one attached hydrogen (secondary N) is 2. The Hall–Kier alpha value is -3.73. The number of tetrazole rings is 1. The minimum atomic E-state index is 0.235. The zero-order valence-corrected chi connectivity index (χ0v) is 12.8. The first kappa shape index (κ1) is 15.2. The van der Waals surface area contributed by atoms with Crippen molar-refractivity contribution >= 4 is 11.3 Å². The predicted octanol–water partition coefficient (Wildman–Crippen LogP) is 2.67. The topological polar surface area (TPSA) is 112 Å². The molecule has 0 aliphatic rings. The molecule has 2 N–H and O–H groups in total. The van der Waals surface area contributed by atoms with Crippen molar-refractivity contribution in [1.29, 1.82) is 5.26 Å². The number of nitriles is 1. The molecule has 0 aliphatic carbocycles. The number of allylic oxidation sites excluding steroid dienone is 1. The summed E-state index contributed by atoms with van der Waals surface area (Å²) in [5.74, 6) is 1.61. The summed E-state index contributed by atoms with van der Waals surface area (Å²) in [6, 6.07) is 11.3. The van der Waals surface area contributed by atoms with Gasteiger partial charge in [0.25, 0.3) is 0 Å². The zero-order chi connectivity index (χ0) is 16.8. The van der Waals surface area contributed by atoms with Crippen molar-refractivity contribution in [1.82, 2.24) is 25.6 Å². The van der Waals surface area contributed by atoms with Crippen molar-refractivity contribution in [3.8, 4) is 17.6 Å². The van der Waals surface area contributed by atoms with E-state index in [4.69, 9.17) is 10.00 Å². The highest BCUT2D eigenvalue weighted by atomic mass is 16.5. The van der Waals surface area contributed by atoms with Crippen molar-refractivity contribution < 1.29 is 4.74 Å². The molecule has 0 aliphatic heterocycles. The monoisotopic (exact) mass is 319 g/mol. The molecule has 0 saturated carbocycles. The molecule has 0 unspecified atom stereocenters. The largest absolute Gasteiger partial charge is 0.456 e. The first-order valence-corrected chi connectivity index (χ1v) is 7.05. The lowest BCUT2D eigenvalue weighted by Gasteiger charge is -2.09. The normalized spacial score (nSPS) is 10.9. The van der Waals surface area contributed by atoms with Crippen LogP contribution in [0.4, 0.5) is 5.69 Å². The van der Waals surface area contributed by atoms with E-state index in [1.165, 1.54) is 6.20 Å². The predicted molar refractivity (Wildman–Crippen MR) is 86.9 cm³/mol. The first-order chi connectivity index (χ1) is 11.8. The third-order valence-corrected chi connectivity index (χ3v) is 3.15. The highest BCUT2D eigenvalue weighted by Gasteiger charge is 2.06. The SMILES string of the molecule is Cc1cc(Oc2cccnc2)ccc1NC=C(C#N)c1nn[nH]n1. The summed E-state index contributed by atoms with van der Waals surface area (Å²) >= 11 is 0. The van der Waals surface area contributed by atoms with Crippen LogP contribution in [0, 0.1) is 18.3 Å². The zero-order valence-electron chi connectivity index (χ0n) is 12.8. The molecule has 24 heavy (non-hydrogen) atoms. The molecule has 0 bridgehead atoms. The third-order valence-electron chi connectivity index (χ3n) is 3.15. The summed E-state index contributed by atoms with van der Waals surface area (Å²) in [5, 5.41) is 25.5. The molecule has 1 aromatic carbocycles. The van der Waals surface area contributed by atoms with Gasteiger partial charge in [-0.25, -0.2) is 0 Å². The molecule has 3 aromatic rings. The number of aryl methyl sites for hydroxylation is 1. The van der Waals surface area contributed by atoms with Crippen LogP contribution in [0.2, 0.25) is 0 Å². The average Bonchev–Trinajstić information content (AvgIpc) is 3.12. The minimum absolute atomic E-state index is 0.235. The van der Waals surface area contributed by atoms with E-state index in [2.05, 4.69) is 30.9 Å². The Balaban J connectivity index is 1.74. The van der Waals surface area contributed by atoms with Gasteiger partial charge in [-0.3, -0.25) is 4.98 Å². The number of H-pyrrole nitrogens is 1. The molecule has 0 radical (unpaired) electrons. The Bertz CT molecular complexity index is 883. The van der Waals surface area contributed by atoms with Gasteiger partial charge in [-0.2, -0.15) is 10.5 Å². The number of pyridine rings is 1. The molecule has 8 heteroatoms. The molecule has 0 amide bonds. The molecule has 0 saturated heterocycles. The fourth-order valence-corrected chi connectivity index (χ4v) is 1.98. The fraction of sp³-hybridized carbons (Fsp3) is 0.0625. The lowest BCUT2D eigenvalue weighted by atomic mass is 10.2. The highest BCUT2D eigenvalue weighted by Crippen LogP contribution is 2.25. The Morgan fingerprint density at radius 3 is 2.92 bits per heavy atom. The van der Waals surface area contributed by atoms with Crippen LogP contribution in [0.25, 0.3) is 5.57 Å². The number of ether oxygens (including phenoxy) is 1. The number of rotatable bonds is 5. The van der Waals surface area contributed by atoms with E-state index in [0.717, 1.165) is 11.3 Å². The molecule has 0 atom stereocenters. The molecule has 0 fully saturated rings. The van der Waals surface area contributed by atoms with Crippen molar-refractivity contribution in [2.24, 2.45) is 0 Å². The Kier molecular flexibility index (Phi) is 4.44. The number of nitrogens with zero attached hydrogens (tertiary/aromatic N) is 5. The molecular formula is C16H13N7O. The van der Waals surface area contributed by atoms with Gasteiger partial charge in [-0.15, -0.1) is 10.2 Å². The van der Waals surface area contributed by atoms with E-state index in [9.17, 15) is 0 Å². The number of anilines is 1. The second-order valence-corrected chi connectivity index (χ2v) is 4.82. The van der Waals surface area contributed by atoms with Crippen LogP contribution in [-0.4, -0.2) is 25.6 Å². The van der Waals surface area contributed by atoms with Crippen molar-refractivity contribution in [3.05, 3.63) is 60.3 Å².